The van der Waals surface area contributed by atoms with Crippen molar-refractivity contribution in [1.29, 1.82) is 0 Å². The number of nitrogens with one attached hydrogen (secondary N) is 2. The summed E-state index contributed by atoms with van der Waals surface area (Å²) in [7, 11) is -3.52. The molecule has 3 aliphatic rings. The average Bonchev–Trinajstić information content (AvgIpc) is 3.44. The minimum absolute atomic E-state index is 0.0893. The number of anilines is 1. The van der Waals surface area contributed by atoms with E-state index >= 15 is 0 Å². The summed E-state index contributed by atoms with van der Waals surface area (Å²) >= 11 is 6.29. The number of carboxylic acid groups (broad SMARTS) is 1. The first-order chi connectivity index (χ1) is 26.5. The van der Waals surface area contributed by atoms with Gasteiger partial charge in [0, 0.05) is 34.7 Å². The van der Waals surface area contributed by atoms with Crippen molar-refractivity contribution in [2.24, 2.45) is 11.8 Å². The number of carboxylic acids is 1. The summed E-state index contributed by atoms with van der Waals surface area (Å²) in [6, 6.07) is 24.6. The van der Waals surface area contributed by atoms with Crippen LogP contribution >= 0.6 is 11.6 Å². The molecule has 1 saturated carbocycles. The van der Waals surface area contributed by atoms with Crippen LogP contribution in [0.2, 0.25) is 5.02 Å². The molecular formula is C44H52ClN3O6S. The van der Waals surface area contributed by atoms with E-state index in [1.165, 1.54) is 16.7 Å². The van der Waals surface area contributed by atoms with Crippen LogP contribution in [0.25, 0.3) is 0 Å². The number of aliphatic carboxylic acids is 1. The van der Waals surface area contributed by atoms with Gasteiger partial charge in [0.1, 0.15) is 23.6 Å². The van der Waals surface area contributed by atoms with Gasteiger partial charge >= 0.3 is 5.97 Å². The van der Waals surface area contributed by atoms with E-state index in [9.17, 15) is 18.3 Å². The molecule has 0 bridgehead atoms. The lowest BCUT2D eigenvalue weighted by Gasteiger charge is -2.47. The van der Waals surface area contributed by atoms with E-state index in [2.05, 4.69) is 41.0 Å². The predicted molar refractivity (Wildman–Crippen MR) is 217 cm³/mol. The van der Waals surface area contributed by atoms with Gasteiger partial charge in [-0.15, -0.1) is 0 Å². The number of rotatable bonds is 15. The lowest BCUT2D eigenvalue weighted by Crippen LogP contribution is -2.53. The molecule has 3 aliphatic carbocycles. The zero-order valence-corrected chi connectivity index (χ0v) is 33.3. The Labute approximate surface area is 330 Å². The summed E-state index contributed by atoms with van der Waals surface area (Å²) in [5.41, 5.74) is 4.94. The number of ether oxygens (including phenoxy) is 2. The molecular weight excluding hydrogens is 734 g/mol. The van der Waals surface area contributed by atoms with Crippen molar-refractivity contribution in [3.63, 3.8) is 0 Å². The van der Waals surface area contributed by atoms with Gasteiger partial charge in [-0.1, -0.05) is 67.9 Å². The predicted octanol–water partition coefficient (Wildman–Crippen LogP) is 8.70. The Morgan fingerprint density at radius 3 is 2.58 bits per heavy atom. The molecule has 7 rings (SSSR count). The monoisotopic (exact) mass is 785 g/mol. The van der Waals surface area contributed by atoms with Gasteiger partial charge in [-0.05, 0) is 134 Å². The van der Waals surface area contributed by atoms with Crippen molar-refractivity contribution in [1.82, 2.24) is 9.71 Å². The number of pyridine rings is 1. The number of halogens is 1. The molecule has 1 fully saturated rings. The van der Waals surface area contributed by atoms with E-state index in [1.54, 1.807) is 24.3 Å². The van der Waals surface area contributed by atoms with E-state index < -0.39 is 21.5 Å². The van der Waals surface area contributed by atoms with Crippen LogP contribution in [0.1, 0.15) is 92.7 Å². The quantitative estimate of drug-likeness (QED) is 0.102. The maximum atomic E-state index is 13.0. The number of nitrogens with zero attached hydrogens (tertiary/aromatic N) is 1. The number of hydrogen-bond acceptors (Lipinski definition) is 7. The van der Waals surface area contributed by atoms with Crippen molar-refractivity contribution in [3.05, 3.63) is 118 Å². The molecule has 1 spiro atoms. The third-order valence-corrected chi connectivity index (χ3v) is 13.8. The summed E-state index contributed by atoms with van der Waals surface area (Å²) in [4.78, 5) is 17.7. The Bertz CT molecular complexity index is 2090. The molecule has 0 aliphatic heterocycles. The molecule has 1 aromatic heterocycles. The first-order valence-electron chi connectivity index (χ1n) is 19.6. The van der Waals surface area contributed by atoms with Gasteiger partial charge in [0.25, 0.3) is 0 Å². The van der Waals surface area contributed by atoms with Gasteiger partial charge in [0.2, 0.25) is 10.0 Å². The summed E-state index contributed by atoms with van der Waals surface area (Å²) in [6.07, 6.45) is 9.27. The summed E-state index contributed by atoms with van der Waals surface area (Å²) in [6.45, 7) is 5.44. The van der Waals surface area contributed by atoms with Gasteiger partial charge in [0.05, 0.1) is 12.4 Å². The van der Waals surface area contributed by atoms with Crippen LogP contribution in [0, 0.1) is 11.8 Å². The molecule has 9 nitrogen and oxygen atoms in total. The molecule has 0 saturated heterocycles. The minimum Gasteiger partial charge on any atom is -0.493 e. The van der Waals surface area contributed by atoms with Crippen LogP contribution in [-0.4, -0.2) is 49.8 Å². The summed E-state index contributed by atoms with van der Waals surface area (Å²) < 4.78 is 40.8. The third-order valence-electron chi connectivity index (χ3n) is 12.2. The van der Waals surface area contributed by atoms with Gasteiger partial charge in [-0.2, -0.15) is 0 Å². The Hall–Kier alpha value is -4.12. The largest absolute Gasteiger partial charge is 0.493 e. The van der Waals surface area contributed by atoms with Crippen molar-refractivity contribution < 1.29 is 27.8 Å². The van der Waals surface area contributed by atoms with Crippen LogP contribution in [0.4, 0.5) is 5.69 Å². The average molecular weight is 786 g/mol. The fourth-order valence-corrected chi connectivity index (χ4v) is 10.7. The molecule has 1 unspecified atom stereocenters. The van der Waals surface area contributed by atoms with Crippen LogP contribution in [0.3, 0.4) is 0 Å². The first-order valence-corrected chi connectivity index (χ1v) is 21.6. The fourth-order valence-electron chi connectivity index (χ4n) is 9.38. The number of sulfonamides is 1. The molecule has 4 aromatic rings. The van der Waals surface area contributed by atoms with Crippen LogP contribution in [0.5, 0.6) is 11.5 Å². The Morgan fingerprint density at radius 2 is 1.82 bits per heavy atom. The van der Waals surface area contributed by atoms with E-state index in [-0.39, 0.29) is 36.2 Å². The normalized spacial score (nSPS) is 23.8. The highest BCUT2D eigenvalue weighted by molar-refractivity contribution is 7.88. The lowest BCUT2D eigenvalue weighted by atomic mass is 9.59. The van der Waals surface area contributed by atoms with Gasteiger partial charge in [-0.25, -0.2) is 17.9 Å². The molecule has 0 amide bonds. The second-order valence-corrected chi connectivity index (χ2v) is 18.2. The number of carbonyl (C=O) groups is 1. The standard InChI is InChI=1S/C44H52ClN3O6S/c1-30(28-54-40-16-21-46-39-13-6-8-31(2)41(39)40)24-34-25-33-14-15-37(53-23-22-47-55(51,52)29-32-9-4-3-5-10-32)27-38(33)43(34)17-19-44(20-18-43,42(49)50)48-36-12-7-11-35(45)26-36/h3-5,7,9-12,14-16,21,26-27,30-31,34,47-48H,6,8,13,17-20,22-25,28-29H2,1-2H3,(H,49,50)/t30-,31-,34?,43?,44?/m1/s1. The zero-order chi connectivity index (χ0) is 38.6. The Morgan fingerprint density at radius 1 is 1.02 bits per heavy atom. The maximum absolute atomic E-state index is 13.0. The second-order valence-electron chi connectivity index (χ2n) is 16.0. The van der Waals surface area contributed by atoms with Crippen LogP contribution in [-0.2, 0) is 38.8 Å². The van der Waals surface area contributed by atoms with Crippen molar-refractivity contribution >= 4 is 33.3 Å². The van der Waals surface area contributed by atoms with Gasteiger partial charge in [0.15, 0.2) is 0 Å². The van der Waals surface area contributed by atoms with Crippen LogP contribution in [0.15, 0.2) is 85.1 Å². The Balaban J connectivity index is 1.08. The maximum Gasteiger partial charge on any atom is 0.329 e. The molecule has 3 aromatic carbocycles. The SMILES string of the molecule is C[C@@H](COc1ccnc2c1[C@H](C)CCC2)CC1Cc2ccc(OCCNS(=O)(=O)Cc3ccccc3)cc2C12CCC(Nc1cccc(Cl)c1)(C(=O)O)CC2. The number of hydrogen-bond donors (Lipinski definition) is 3. The number of fused-ring (bicyclic) bond motifs is 3. The highest BCUT2D eigenvalue weighted by atomic mass is 35.5. The van der Waals surface area contributed by atoms with E-state index in [0.717, 1.165) is 49.1 Å². The summed E-state index contributed by atoms with van der Waals surface area (Å²) in [5, 5.41) is 14.6. The Kier molecular flexibility index (Phi) is 11.8. The molecule has 1 heterocycles. The first kappa shape index (κ1) is 39.1. The molecule has 11 heteroatoms. The van der Waals surface area contributed by atoms with Gasteiger partial charge in [-0.3, -0.25) is 4.98 Å². The minimum atomic E-state index is -3.52. The number of aromatic nitrogens is 1. The third kappa shape index (κ3) is 8.82. The molecule has 0 radical (unpaired) electrons. The molecule has 3 atom stereocenters. The molecule has 55 heavy (non-hydrogen) atoms. The van der Waals surface area contributed by atoms with E-state index in [0.29, 0.717) is 54.7 Å². The summed E-state index contributed by atoms with van der Waals surface area (Å²) in [5.74, 6) is 1.65. The van der Waals surface area contributed by atoms with E-state index in [4.69, 9.17) is 21.1 Å². The molecule has 292 valence electrons. The smallest absolute Gasteiger partial charge is 0.329 e. The van der Waals surface area contributed by atoms with E-state index in [1.807, 2.05) is 48.7 Å². The fraction of sp³-hybridized carbons (Fsp3) is 0.455. The second kappa shape index (κ2) is 16.5. The van der Waals surface area contributed by atoms with Crippen molar-refractivity contribution in [2.45, 2.75) is 94.3 Å². The topological polar surface area (TPSA) is 127 Å². The zero-order valence-electron chi connectivity index (χ0n) is 31.7. The highest BCUT2D eigenvalue weighted by Gasteiger charge is 2.54. The number of benzene rings is 3. The highest BCUT2D eigenvalue weighted by Crippen LogP contribution is 2.57. The van der Waals surface area contributed by atoms with Crippen molar-refractivity contribution in [3.8, 4) is 11.5 Å². The van der Waals surface area contributed by atoms with Crippen molar-refractivity contribution in [2.75, 3.05) is 25.1 Å². The number of aryl methyl sites for hydroxylation is 1. The van der Waals surface area contributed by atoms with Crippen LogP contribution < -0.4 is 19.5 Å². The van der Waals surface area contributed by atoms with Gasteiger partial charge < -0.3 is 19.9 Å². The molecule has 3 N–H and O–H groups in total. The lowest BCUT2D eigenvalue weighted by molar-refractivity contribution is -0.144.